The Morgan fingerprint density at radius 1 is 1.07 bits per heavy atom. The van der Waals surface area contributed by atoms with E-state index in [-0.39, 0.29) is 17.8 Å². The molecule has 3 N–H and O–H groups in total. The number of rotatable bonds is 7. The van der Waals surface area contributed by atoms with E-state index in [1.54, 1.807) is 36.4 Å². The number of amides is 2. The molecule has 0 aliphatic rings. The molecule has 3 aromatic rings. The summed E-state index contributed by atoms with van der Waals surface area (Å²) in [6.07, 6.45) is 0.0845. The Hall–Kier alpha value is -3.46. The normalized spacial score (nSPS) is 11.6. The molecular formula is C19H15FN4O3S. The van der Waals surface area contributed by atoms with E-state index in [1.165, 1.54) is 18.2 Å². The van der Waals surface area contributed by atoms with Gasteiger partial charge in [-0.1, -0.05) is 42.5 Å². The van der Waals surface area contributed by atoms with Crippen molar-refractivity contribution in [2.24, 2.45) is 5.73 Å². The van der Waals surface area contributed by atoms with Crippen molar-refractivity contribution in [2.45, 2.75) is 12.5 Å². The van der Waals surface area contributed by atoms with Crippen molar-refractivity contribution in [2.75, 3.05) is 0 Å². The van der Waals surface area contributed by atoms with Crippen molar-refractivity contribution in [1.29, 1.82) is 0 Å². The first kappa shape index (κ1) is 19.3. The molecule has 28 heavy (non-hydrogen) atoms. The van der Waals surface area contributed by atoms with Gasteiger partial charge in [0.25, 0.3) is 11.8 Å². The summed E-state index contributed by atoms with van der Waals surface area (Å²) in [7, 11) is 0. The zero-order valence-electron chi connectivity index (χ0n) is 14.5. The van der Waals surface area contributed by atoms with Gasteiger partial charge in [0.1, 0.15) is 17.6 Å². The number of Topliss-reactive ketones (excluding diaryl/α,β-unsaturated/α-hetero) is 1. The molecule has 0 aliphatic carbocycles. The van der Waals surface area contributed by atoms with Crippen molar-refractivity contribution in [3.63, 3.8) is 0 Å². The summed E-state index contributed by atoms with van der Waals surface area (Å²) in [5, 5.41) is 2.49. The molecule has 142 valence electrons. The Labute approximate surface area is 163 Å². The lowest BCUT2D eigenvalue weighted by Crippen LogP contribution is -2.47. The number of aromatic nitrogens is 2. The minimum absolute atomic E-state index is 0.0640. The van der Waals surface area contributed by atoms with Crippen LogP contribution in [0.3, 0.4) is 0 Å². The summed E-state index contributed by atoms with van der Waals surface area (Å²) in [5.74, 6) is -3.26. The number of nitrogens with zero attached hydrogens (tertiary/aromatic N) is 2. The SMILES string of the molecule is NC(=O)C(=O)C(Cc1ccccc1)NC(=O)c1nsnc1-c1cccc(F)c1. The van der Waals surface area contributed by atoms with Crippen LogP contribution >= 0.6 is 11.7 Å². The molecular weight excluding hydrogens is 383 g/mol. The zero-order chi connectivity index (χ0) is 20.1. The molecule has 0 saturated carbocycles. The maximum Gasteiger partial charge on any atom is 0.287 e. The number of halogens is 1. The topological polar surface area (TPSA) is 115 Å². The Kier molecular flexibility index (Phi) is 5.85. The fourth-order valence-corrected chi connectivity index (χ4v) is 3.19. The third-order valence-electron chi connectivity index (χ3n) is 3.95. The lowest BCUT2D eigenvalue weighted by atomic mass is 10.0. The average molecular weight is 398 g/mol. The minimum atomic E-state index is -1.16. The minimum Gasteiger partial charge on any atom is -0.363 e. The zero-order valence-corrected chi connectivity index (χ0v) is 15.3. The second kappa shape index (κ2) is 8.49. The van der Waals surface area contributed by atoms with E-state index in [9.17, 15) is 18.8 Å². The molecule has 2 amide bonds. The summed E-state index contributed by atoms with van der Waals surface area (Å²) in [5.41, 5.74) is 6.35. The first-order valence-electron chi connectivity index (χ1n) is 8.22. The van der Waals surface area contributed by atoms with Gasteiger partial charge in [-0.15, -0.1) is 0 Å². The highest BCUT2D eigenvalue weighted by atomic mass is 32.1. The van der Waals surface area contributed by atoms with Crippen molar-refractivity contribution < 1.29 is 18.8 Å². The first-order chi connectivity index (χ1) is 13.5. The van der Waals surface area contributed by atoms with Crippen molar-refractivity contribution in [3.8, 4) is 11.3 Å². The van der Waals surface area contributed by atoms with E-state index >= 15 is 0 Å². The van der Waals surface area contributed by atoms with Gasteiger partial charge in [0.05, 0.1) is 11.7 Å². The summed E-state index contributed by atoms with van der Waals surface area (Å²) in [6, 6.07) is 13.3. The Morgan fingerprint density at radius 3 is 2.50 bits per heavy atom. The fourth-order valence-electron chi connectivity index (χ4n) is 2.62. The fraction of sp³-hybridized carbons (Fsp3) is 0.105. The number of primary amides is 1. The Morgan fingerprint density at radius 2 is 1.82 bits per heavy atom. The van der Waals surface area contributed by atoms with Crippen molar-refractivity contribution in [3.05, 3.63) is 71.7 Å². The summed E-state index contributed by atoms with van der Waals surface area (Å²) >= 11 is 0.781. The summed E-state index contributed by atoms with van der Waals surface area (Å²) in [4.78, 5) is 36.3. The second-order valence-electron chi connectivity index (χ2n) is 5.92. The molecule has 1 heterocycles. The van der Waals surface area contributed by atoms with Gasteiger partial charge in [0.15, 0.2) is 5.69 Å². The molecule has 0 radical (unpaired) electrons. The van der Waals surface area contributed by atoms with Gasteiger partial charge in [0.2, 0.25) is 5.78 Å². The second-order valence-corrected chi connectivity index (χ2v) is 6.44. The highest BCUT2D eigenvalue weighted by Gasteiger charge is 2.28. The van der Waals surface area contributed by atoms with E-state index in [4.69, 9.17) is 5.73 Å². The predicted octanol–water partition coefficient (Wildman–Crippen LogP) is 1.74. The van der Waals surface area contributed by atoms with Crippen LogP contribution in [0, 0.1) is 5.82 Å². The van der Waals surface area contributed by atoms with Crippen LogP contribution in [0.15, 0.2) is 54.6 Å². The number of nitrogens with one attached hydrogen (secondary N) is 1. The lowest BCUT2D eigenvalue weighted by Gasteiger charge is -2.16. The molecule has 1 atom stereocenters. The van der Waals surface area contributed by atoms with E-state index in [1.807, 2.05) is 0 Å². The standard InChI is InChI=1S/C19H15FN4O3S/c20-13-8-4-7-12(10-13)15-16(24-28-23-15)19(27)22-14(17(25)18(21)26)9-11-5-2-1-3-6-11/h1-8,10,14H,9H2,(H2,21,26)(H,22,27). The van der Waals surface area contributed by atoms with Gasteiger partial charge in [-0.3, -0.25) is 14.4 Å². The van der Waals surface area contributed by atoms with Crippen molar-refractivity contribution in [1.82, 2.24) is 14.1 Å². The van der Waals surface area contributed by atoms with Gasteiger partial charge in [0, 0.05) is 12.0 Å². The smallest absolute Gasteiger partial charge is 0.287 e. The molecule has 0 spiro atoms. The quantitative estimate of drug-likeness (QED) is 0.588. The number of ketones is 1. The number of hydrogen-bond donors (Lipinski definition) is 2. The van der Waals surface area contributed by atoms with Gasteiger partial charge in [-0.05, 0) is 17.7 Å². The third kappa shape index (κ3) is 4.44. The van der Waals surface area contributed by atoms with E-state index < -0.39 is 29.5 Å². The summed E-state index contributed by atoms with van der Waals surface area (Å²) in [6.45, 7) is 0. The van der Waals surface area contributed by atoms with Crippen LogP contribution in [0.2, 0.25) is 0 Å². The van der Waals surface area contributed by atoms with Gasteiger partial charge < -0.3 is 11.1 Å². The summed E-state index contributed by atoms with van der Waals surface area (Å²) < 4.78 is 21.5. The van der Waals surface area contributed by atoms with Gasteiger partial charge in [-0.2, -0.15) is 8.75 Å². The van der Waals surface area contributed by atoms with Gasteiger partial charge >= 0.3 is 0 Å². The predicted molar refractivity (Wildman–Crippen MR) is 101 cm³/mol. The first-order valence-corrected chi connectivity index (χ1v) is 8.95. The van der Waals surface area contributed by atoms with Crippen LogP contribution in [0.25, 0.3) is 11.3 Å². The molecule has 1 unspecified atom stereocenters. The van der Waals surface area contributed by atoms with Crippen LogP contribution in [0.1, 0.15) is 16.1 Å². The van der Waals surface area contributed by atoms with E-state index in [0.717, 1.165) is 17.3 Å². The number of carbonyl (C=O) groups excluding carboxylic acids is 3. The van der Waals surface area contributed by atoms with Crippen LogP contribution in [0.5, 0.6) is 0 Å². The maximum atomic E-state index is 13.5. The van der Waals surface area contributed by atoms with E-state index in [0.29, 0.717) is 5.56 Å². The molecule has 7 nitrogen and oxygen atoms in total. The van der Waals surface area contributed by atoms with Crippen LogP contribution in [-0.4, -0.2) is 32.4 Å². The maximum absolute atomic E-state index is 13.5. The molecule has 2 aromatic carbocycles. The van der Waals surface area contributed by atoms with Crippen molar-refractivity contribution >= 4 is 29.3 Å². The average Bonchev–Trinajstić information content (AvgIpc) is 3.17. The highest BCUT2D eigenvalue weighted by Crippen LogP contribution is 2.22. The Balaban J connectivity index is 1.86. The van der Waals surface area contributed by atoms with E-state index in [2.05, 4.69) is 14.1 Å². The highest BCUT2D eigenvalue weighted by molar-refractivity contribution is 6.99. The number of carbonyl (C=O) groups is 3. The van der Waals surface area contributed by atoms with Gasteiger partial charge in [-0.25, -0.2) is 4.39 Å². The molecule has 3 rings (SSSR count). The number of nitrogens with two attached hydrogens (primary N) is 1. The van der Waals surface area contributed by atoms with Crippen LogP contribution < -0.4 is 11.1 Å². The largest absolute Gasteiger partial charge is 0.363 e. The lowest BCUT2D eigenvalue weighted by molar-refractivity contribution is -0.137. The molecule has 9 heteroatoms. The Bertz CT molecular complexity index is 1020. The van der Waals surface area contributed by atoms with Crippen LogP contribution in [-0.2, 0) is 16.0 Å². The molecule has 0 saturated heterocycles. The molecule has 1 aromatic heterocycles. The number of benzene rings is 2. The molecule has 0 aliphatic heterocycles. The molecule has 0 fully saturated rings. The number of hydrogen-bond acceptors (Lipinski definition) is 6. The monoisotopic (exact) mass is 398 g/mol. The molecule has 0 bridgehead atoms. The van der Waals surface area contributed by atoms with Crippen LogP contribution in [0.4, 0.5) is 4.39 Å². The third-order valence-corrected chi connectivity index (χ3v) is 4.48.